The molecule has 0 bridgehead atoms. The van der Waals surface area contributed by atoms with E-state index in [1.165, 1.54) is 25.9 Å². The van der Waals surface area contributed by atoms with Crippen molar-refractivity contribution in [3.05, 3.63) is 23.8 Å². The molecule has 0 aliphatic carbocycles. The van der Waals surface area contributed by atoms with Crippen LogP contribution in [0.25, 0.3) is 0 Å². The van der Waals surface area contributed by atoms with Gasteiger partial charge >= 0.3 is 0 Å². The van der Waals surface area contributed by atoms with Gasteiger partial charge in [-0.25, -0.2) is 0 Å². The highest BCUT2D eigenvalue weighted by atomic mass is 16.5. The summed E-state index contributed by atoms with van der Waals surface area (Å²) in [5, 5.41) is 10.5. The molecule has 0 amide bonds. The summed E-state index contributed by atoms with van der Waals surface area (Å²) in [6, 6.07) is 6.11. The Balaban J connectivity index is 1.59. The molecule has 2 aliphatic heterocycles. The van der Waals surface area contributed by atoms with Crippen LogP contribution in [0.4, 0.5) is 5.69 Å². The molecular weight excluding hydrogens is 276 g/mol. The summed E-state index contributed by atoms with van der Waals surface area (Å²) in [5.74, 6) is 1.69. The SMILES string of the molecule is CC1CCCN(CCC(O)c2ccc3c(c2)OCCN3C)C1. The number of hydrogen-bond donors (Lipinski definition) is 1. The van der Waals surface area contributed by atoms with E-state index in [1.807, 2.05) is 12.1 Å². The van der Waals surface area contributed by atoms with Gasteiger partial charge in [0.05, 0.1) is 18.3 Å². The molecule has 1 aromatic rings. The first-order valence-electron chi connectivity index (χ1n) is 8.52. The number of nitrogens with zero attached hydrogens (tertiary/aromatic N) is 2. The molecule has 2 atom stereocenters. The Bertz CT molecular complexity index is 506. The van der Waals surface area contributed by atoms with Crippen LogP contribution in [0.1, 0.15) is 37.9 Å². The Morgan fingerprint density at radius 3 is 3.05 bits per heavy atom. The number of anilines is 1. The largest absolute Gasteiger partial charge is 0.490 e. The standard InChI is InChI=1S/C18H28N2O2/c1-14-4-3-8-20(13-14)9-7-17(21)15-5-6-16-18(12-15)22-11-10-19(16)2/h5-6,12,14,17,21H,3-4,7-11,13H2,1-2H3. The summed E-state index contributed by atoms with van der Waals surface area (Å²) < 4.78 is 5.73. The minimum Gasteiger partial charge on any atom is -0.490 e. The van der Waals surface area contributed by atoms with Crippen molar-refractivity contribution in [3.8, 4) is 5.75 Å². The van der Waals surface area contributed by atoms with Gasteiger partial charge in [0.1, 0.15) is 12.4 Å². The number of aliphatic hydroxyl groups is 1. The van der Waals surface area contributed by atoms with Crippen molar-refractivity contribution in [1.29, 1.82) is 0 Å². The molecule has 4 heteroatoms. The van der Waals surface area contributed by atoms with Gasteiger partial charge in [0.15, 0.2) is 0 Å². The molecule has 0 spiro atoms. The molecule has 122 valence electrons. The maximum absolute atomic E-state index is 10.5. The number of piperidine rings is 1. The number of aliphatic hydroxyl groups excluding tert-OH is 1. The van der Waals surface area contributed by atoms with Crippen molar-refractivity contribution in [2.45, 2.75) is 32.3 Å². The van der Waals surface area contributed by atoms with Gasteiger partial charge in [0.25, 0.3) is 0 Å². The zero-order valence-corrected chi connectivity index (χ0v) is 13.8. The highest BCUT2D eigenvalue weighted by molar-refractivity contribution is 5.60. The lowest BCUT2D eigenvalue weighted by Gasteiger charge is -2.31. The number of hydrogen-bond acceptors (Lipinski definition) is 4. The van der Waals surface area contributed by atoms with Crippen molar-refractivity contribution in [2.24, 2.45) is 5.92 Å². The third-order valence-electron chi connectivity index (χ3n) is 4.92. The maximum atomic E-state index is 10.5. The van der Waals surface area contributed by atoms with Crippen LogP contribution in [0.3, 0.4) is 0 Å². The van der Waals surface area contributed by atoms with Crippen LogP contribution in [-0.2, 0) is 0 Å². The highest BCUT2D eigenvalue weighted by Gasteiger charge is 2.20. The number of ether oxygens (including phenoxy) is 1. The van der Waals surface area contributed by atoms with Crippen LogP contribution in [0.2, 0.25) is 0 Å². The van der Waals surface area contributed by atoms with Crippen molar-refractivity contribution in [1.82, 2.24) is 4.90 Å². The van der Waals surface area contributed by atoms with Gasteiger partial charge in [-0.15, -0.1) is 0 Å². The molecule has 1 saturated heterocycles. The fourth-order valence-corrected chi connectivity index (χ4v) is 3.54. The molecule has 4 nitrogen and oxygen atoms in total. The van der Waals surface area contributed by atoms with Gasteiger partial charge in [0, 0.05) is 20.1 Å². The lowest BCUT2D eigenvalue weighted by Crippen LogP contribution is -2.35. The Morgan fingerprint density at radius 1 is 1.36 bits per heavy atom. The topological polar surface area (TPSA) is 35.9 Å². The third-order valence-corrected chi connectivity index (χ3v) is 4.92. The molecule has 0 saturated carbocycles. The number of rotatable bonds is 4. The molecule has 1 N–H and O–H groups in total. The quantitative estimate of drug-likeness (QED) is 0.928. The first-order chi connectivity index (χ1) is 10.6. The first kappa shape index (κ1) is 15.6. The van der Waals surface area contributed by atoms with E-state index in [0.29, 0.717) is 6.61 Å². The average molecular weight is 304 g/mol. The molecule has 1 fully saturated rings. The molecule has 0 radical (unpaired) electrons. The number of fused-ring (bicyclic) bond motifs is 1. The Labute approximate surface area is 133 Å². The fraction of sp³-hybridized carbons (Fsp3) is 0.667. The van der Waals surface area contributed by atoms with E-state index in [4.69, 9.17) is 4.74 Å². The van der Waals surface area contributed by atoms with E-state index in [-0.39, 0.29) is 0 Å². The smallest absolute Gasteiger partial charge is 0.143 e. The second kappa shape index (κ2) is 6.88. The summed E-state index contributed by atoms with van der Waals surface area (Å²) in [5.41, 5.74) is 2.09. The van der Waals surface area contributed by atoms with Gasteiger partial charge in [-0.05, 0) is 49.4 Å². The Hall–Kier alpha value is -1.26. The van der Waals surface area contributed by atoms with Crippen molar-refractivity contribution >= 4 is 5.69 Å². The zero-order valence-electron chi connectivity index (χ0n) is 13.8. The molecule has 0 aromatic heterocycles. The van der Waals surface area contributed by atoms with Crippen molar-refractivity contribution in [3.63, 3.8) is 0 Å². The number of likely N-dealkylation sites (N-methyl/N-ethyl adjacent to an activating group) is 1. The predicted molar refractivity (Wildman–Crippen MR) is 89.6 cm³/mol. The summed E-state index contributed by atoms with van der Waals surface area (Å²) >= 11 is 0. The van der Waals surface area contributed by atoms with Crippen LogP contribution < -0.4 is 9.64 Å². The van der Waals surface area contributed by atoms with Crippen LogP contribution in [0, 0.1) is 5.92 Å². The van der Waals surface area contributed by atoms with Gasteiger partial charge in [-0.3, -0.25) is 0 Å². The zero-order chi connectivity index (χ0) is 15.5. The van der Waals surface area contributed by atoms with E-state index < -0.39 is 6.10 Å². The molecule has 3 rings (SSSR count). The van der Waals surface area contributed by atoms with Crippen molar-refractivity contribution < 1.29 is 9.84 Å². The van der Waals surface area contributed by atoms with Crippen molar-refractivity contribution in [2.75, 3.05) is 44.7 Å². The summed E-state index contributed by atoms with van der Waals surface area (Å²) in [4.78, 5) is 4.68. The normalized spacial score (nSPS) is 23.8. The van der Waals surface area contributed by atoms with Gasteiger partial charge in [-0.2, -0.15) is 0 Å². The summed E-state index contributed by atoms with van der Waals surface area (Å²) in [7, 11) is 2.08. The fourth-order valence-electron chi connectivity index (χ4n) is 3.54. The van der Waals surface area contributed by atoms with E-state index in [0.717, 1.165) is 42.4 Å². The third kappa shape index (κ3) is 3.55. The molecule has 1 aromatic carbocycles. The highest BCUT2D eigenvalue weighted by Crippen LogP contribution is 2.33. The monoisotopic (exact) mass is 304 g/mol. The lowest BCUT2D eigenvalue weighted by atomic mass is 9.99. The molecule has 2 heterocycles. The average Bonchev–Trinajstić information content (AvgIpc) is 2.52. The summed E-state index contributed by atoms with van der Waals surface area (Å²) in [6.45, 7) is 7.28. The molecule has 2 unspecified atom stereocenters. The van der Waals surface area contributed by atoms with Crippen LogP contribution in [0.15, 0.2) is 18.2 Å². The van der Waals surface area contributed by atoms with E-state index in [2.05, 4.69) is 29.8 Å². The van der Waals surface area contributed by atoms with E-state index in [9.17, 15) is 5.11 Å². The van der Waals surface area contributed by atoms with Gasteiger partial charge < -0.3 is 19.6 Å². The first-order valence-corrected chi connectivity index (χ1v) is 8.52. The van der Waals surface area contributed by atoms with Crippen LogP contribution >= 0.6 is 0 Å². The second-order valence-electron chi connectivity index (χ2n) is 6.85. The maximum Gasteiger partial charge on any atom is 0.143 e. The van der Waals surface area contributed by atoms with Gasteiger partial charge in [0.2, 0.25) is 0 Å². The van der Waals surface area contributed by atoms with Crippen LogP contribution in [-0.4, -0.2) is 49.8 Å². The Morgan fingerprint density at radius 2 is 2.23 bits per heavy atom. The second-order valence-corrected chi connectivity index (χ2v) is 6.85. The van der Waals surface area contributed by atoms with E-state index >= 15 is 0 Å². The van der Waals surface area contributed by atoms with Crippen LogP contribution in [0.5, 0.6) is 5.75 Å². The lowest BCUT2D eigenvalue weighted by molar-refractivity contribution is 0.121. The molecule has 2 aliphatic rings. The predicted octanol–water partition coefficient (Wildman–Crippen LogP) is 2.67. The molecular formula is C18H28N2O2. The molecule has 22 heavy (non-hydrogen) atoms. The minimum atomic E-state index is -0.404. The van der Waals surface area contributed by atoms with E-state index in [1.54, 1.807) is 0 Å². The summed E-state index contributed by atoms with van der Waals surface area (Å²) in [6.07, 6.45) is 3.02. The Kier molecular flexibility index (Phi) is 4.89. The number of likely N-dealkylation sites (tertiary alicyclic amines) is 1. The number of benzene rings is 1. The van der Waals surface area contributed by atoms with Gasteiger partial charge in [-0.1, -0.05) is 13.0 Å². The minimum absolute atomic E-state index is 0.404.